The van der Waals surface area contributed by atoms with Gasteiger partial charge in [-0.1, -0.05) is 45.8 Å². The van der Waals surface area contributed by atoms with Crippen molar-refractivity contribution in [2.45, 2.75) is 19.9 Å². The van der Waals surface area contributed by atoms with E-state index in [1.807, 2.05) is 25.2 Å². The van der Waals surface area contributed by atoms with Gasteiger partial charge in [0, 0.05) is 4.47 Å². The predicted molar refractivity (Wildman–Crippen MR) is 80.9 cm³/mol. The van der Waals surface area contributed by atoms with Gasteiger partial charge < -0.3 is 5.32 Å². The molecule has 0 aliphatic carbocycles. The fraction of sp³-hybridized carbons (Fsp3) is 0.250. The van der Waals surface area contributed by atoms with Crippen molar-refractivity contribution in [3.63, 3.8) is 0 Å². The number of benzene rings is 2. The first-order valence-corrected chi connectivity index (χ1v) is 7.01. The van der Waals surface area contributed by atoms with E-state index in [1.165, 1.54) is 5.56 Å². The van der Waals surface area contributed by atoms with Crippen molar-refractivity contribution in [2.24, 2.45) is 0 Å². The third kappa shape index (κ3) is 3.04. The number of halogens is 2. The lowest BCUT2D eigenvalue weighted by molar-refractivity contribution is 0.608. The van der Waals surface area contributed by atoms with Crippen LogP contribution in [0.3, 0.4) is 0 Å². The molecular formula is C16H17BrFN. The second kappa shape index (κ2) is 5.85. The molecule has 1 unspecified atom stereocenters. The van der Waals surface area contributed by atoms with Crippen molar-refractivity contribution in [1.29, 1.82) is 0 Å². The summed E-state index contributed by atoms with van der Waals surface area (Å²) in [5, 5.41) is 3.25. The van der Waals surface area contributed by atoms with Crippen LogP contribution in [0, 0.1) is 19.7 Å². The summed E-state index contributed by atoms with van der Waals surface area (Å²) in [4.78, 5) is 0. The normalized spacial score (nSPS) is 12.5. The topological polar surface area (TPSA) is 12.0 Å². The SMILES string of the molecule is CNC(c1ccc(C)c(F)c1)c1cc(C)ccc1Br. The molecule has 2 aromatic carbocycles. The molecule has 1 atom stereocenters. The summed E-state index contributed by atoms with van der Waals surface area (Å²) in [6.45, 7) is 3.83. The summed E-state index contributed by atoms with van der Waals surface area (Å²) in [5.74, 6) is -0.165. The maximum Gasteiger partial charge on any atom is 0.126 e. The van der Waals surface area contributed by atoms with Crippen LogP contribution in [-0.4, -0.2) is 7.05 Å². The molecule has 0 aliphatic heterocycles. The third-order valence-electron chi connectivity index (χ3n) is 3.28. The Bertz CT molecular complexity index is 595. The number of hydrogen-bond donors (Lipinski definition) is 1. The monoisotopic (exact) mass is 321 g/mol. The second-order valence-corrected chi connectivity index (χ2v) is 5.61. The van der Waals surface area contributed by atoms with E-state index in [0.717, 1.165) is 15.6 Å². The molecule has 0 amide bonds. The van der Waals surface area contributed by atoms with Crippen molar-refractivity contribution < 1.29 is 4.39 Å². The van der Waals surface area contributed by atoms with E-state index in [0.29, 0.717) is 5.56 Å². The first-order chi connectivity index (χ1) is 9.02. The summed E-state index contributed by atoms with van der Waals surface area (Å²) < 4.78 is 14.8. The van der Waals surface area contributed by atoms with Crippen LogP contribution in [0.2, 0.25) is 0 Å². The first kappa shape index (κ1) is 14.2. The minimum absolute atomic E-state index is 0.0237. The highest BCUT2D eigenvalue weighted by atomic mass is 79.9. The summed E-state index contributed by atoms with van der Waals surface area (Å²) >= 11 is 3.57. The van der Waals surface area contributed by atoms with Gasteiger partial charge in [0.15, 0.2) is 0 Å². The minimum Gasteiger partial charge on any atom is -0.309 e. The van der Waals surface area contributed by atoms with Crippen molar-refractivity contribution in [1.82, 2.24) is 5.32 Å². The number of aryl methyl sites for hydroxylation is 2. The molecule has 2 aromatic rings. The molecule has 0 saturated heterocycles. The molecule has 0 spiro atoms. The fourth-order valence-corrected chi connectivity index (χ4v) is 2.65. The van der Waals surface area contributed by atoms with Crippen molar-refractivity contribution in [3.8, 4) is 0 Å². The zero-order valence-corrected chi connectivity index (χ0v) is 12.9. The van der Waals surface area contributed by atoms with Crippen LogP contribution in [0.1, 0.15) is 28.3 Å². The standard InChI is InChI=1S/C16H17BrFN/c1-10-4-7-14(17)13(8-10)16(19-3)12-6-5-11(2)15(18)9-12/h4-9,16,19H,1-3H3. The van der Waals surface area contributed by atoms with Gasteiger partial charge in [-0.3, -0.25) is 0 Å². The molecule has 0 radical (unpaired) electrons. The molecule has 3 heteroatoms. The zero-order valence-electron chi connectivity index (χ0n) is 11.3. The van der Waals surface area contributed by atoms with Crippen molar-refractivity contribution in [3.05, 3.63) is 68.9 Å². The Labute approximate surface area is 122 Å². The Morgan fingerprint density at radius 3 is 2.47 bits per heavy atom. The van der Waals surface area contributed by atoms with E-state index >= 15 is 0 Å². The van der Waals surface area contributed by atoms with Gasteiger partial charge in [-0.05, 0) is 49.7 Å². The molecule has 0 aliphatic rings. The van der Waals surface area contributed by atoms with Crippen LogP contribution in [0.15, 0.2) is 40.9 Å². The van der Waals surface area contributed by atoms with Gasteiger partial charge in [-0.25, -0.2) is 4.39 Å². The van der Waals surface area contributed by atoms with E-state index in [1.54, 1.807) is 13.0 Å². The van der Waals surface area contributed by atoms with E-state index in [2.05, 4.69) is 40.3 Å². The molecule has 0 aromatic heterocycles. The summed E-state index contributed by atoms with van der Waals surface area (Å²) in [6, 6.07) is 11.6. The average molecular weight is 322 g/mol. The van der Waals surface area contributed by atoms with E-state index < -0.39 is 0 Å². The summed E-state index contributed by atoms with van der Waals surface area (Å²) in [5.41, 5.74) is 3.90. The van der Waals surface area contributed by atoms with Crippen LogP contribution < -0.4 is 5.32 Å². The van der Waals surface area contributed by atoms with Gasteiger partial charge in [0.25, 0.3) is 0 Å². The molecule has 0 fully saturated rings. The highest BCUT2D eigenvalue weighted by Crippen LogP contribution is 2.30. The molecule has 1 nitrogen and oxygen atoms in total. The molecule has 0 bridgehead atoms. The van der Waals surface area contributed by atoms with Gasteiger partial charge in [-0.2, -0.15) is 0 Å². The molecular weight excluding hydrogens is 305 g/mol. The second-order valence-electron chi connectivity index (χ2n) is 4.76. The van der Waals surface area contributed by atoms with Crippen LogP contribution in [0.5, 0.6) is 0 Å². The van der Waals surface area contributed by atoms with Crippen LogP contribution >= 0.6 is 15.9 Å². The number of hydrogen-bond acceptors (Lipinski definition) is 1. The maximum atomic E-state index is 13.7. The van der Waals surface area contributed by atoms with Gasteiger partial charge >= 0.3 is 0 Å². The van der Waals surface area contributed by atoms with Gasteiger partial charge in [-0.15, -0.1) is 0 Å². The Balaban J connectivity index is 2.49. The first-order valence-electron chi connectivity index (χ1n) is 6.22. The Morgan fingerprint density at radius 1 is 1.11 bits per heavy atom. The van der Waals surface area contributed by atoms with Crippen LogP contribution in [0.25, 0.3) is 0 Å². The number of nitrogens with one attached hydrogen (secondary N) is 1. The zero-order chi connectivity index (χ0) is 14.0. The Morgan fingerprint density at radius 2 is 1.84 bits per heavy atom. The molecule has 19 heavy (non-hydrogen) atoms. The van der Waals surface area contributed by atoms with Gasteiger partial charge in [0.1, 0.15) is 5.82 Å². The Kier molecular flexibility index (Phi) is 4.38. The van der Waals surface area contributed by atoms with Crippen molar-refractivity contribution in [2.75, 3.05) is 7.05 Å². The molecule has 0 saturated carbocycles. The average Bonchev–Trinajstić information content (AvgIpc) is 2.38. The third-order valence-corrected chi connectivity index (χ3v) is 4.00. The lowest BCUT2D eigenvalue weighted by atomic mass is 9.96. The van der Waals surface area contributed by atoms with E-state index in [-0.39, 0.29) is 11.9 Å². The molecule has 0 heterocycles. The minimum atomic E-state index is -0.165. The maximum absolute atomic E-state index is 13.7. The molecule has 100 valence electrons. The smallest absolute Gasteiger partial charge is 0.126 e. The van der Waals surface area contributed by atoms with E-state index in [9.17, 15) is 4.39 Å². The highest BCUT2D eigenvalue weighted by molar-refractivity contribution is 9.10. The lowest BCUT2D eigenvalue weighted by Crippen LogP contribution is -2.18. The highest BCUT2D eigenvalue weighted by Gasteiger charge is 2.16. The van der Waals surface area contributed by atoms with Crippen LogP contribution in [0.4, 0.5) is 4.39 Å². The molecule has 2 rings (SSSR count). The quantitative estimate of drug-likeness (QED) is 0.876. The molecule has 1 N–H and O–H groups in total. The fourth-order valence-electron chi connectivity index (χ4n) is 2.17. The van der Waals surface area contributed by atoms with Crippen LogP contribution in [-0.2, 0) is 0 Å². The number of rotatable bonds is 3. The van der Waals surface area contributed by atoms with Crippen molar-refractivity contribution >= 4 is 15.9 Å². The van der Waals surface area contributed by atoms with Gasteiger partial charge in [0.05, 0.1) is 6.04 Å². The van der Waals surface area contributed by atoms with E-state index in [4.69, 9.17) is 0 Å². The predicted octanol–water partition coefficient (Wildman–Crippen LogP) is 4.51. The lowest BCUT2D eigenvalue weighted by Gasteiger charge is -2.19. The largest absolute Gasteiger partial charge is 0.309 e. The summed E-state index contributed by atoms with van der Waals surface area (Å²) in [7, 11) is 1.89. The van der Waals surface area contributed by atoms with Gasteiger partial charge in [0.2, 0.25) is 0 Å². The summed E-state index contributed by atoms with van der Waals surface area (Å²) in [6.07, 6.45) is 0. The Hall–Kier alpha value is -1.19.